The average Bonchev–Trinajstić information content (AvgIpc) is 3.14. The van der Waals surface area contributed by atoms with Gasteiger partial charge in [-0.25, -0.2) is 14.0 Å². The first-order chi connectivity index (χ1) is 26.3. The zero-order valence-corrected chi connectivity index (χ0v) is 31.6. The molecule has 0 saturated carbocycles. The van der Waals surface area contributed by atoms with Gasteiger partial charge < -0.3 is 24.2 Å². The van der Waals surface area contributed by atoms with Gasteiger partial charge in [0.25, 0.3) is 0 Å². The normalized spacial score (nSPS) is 18.9. The number of benzene rings is 3. The summed E-state index contributed by atoms with van der Waals surface area (Å²) in [5, 5.41) is 15.1. The van der Waals surface area contributed by atoms with E-state index in [2.05, 4.69) is 15.0 Å². The summed E-state index contributed by atoms with van der Waals surface area (Å²) in [6.07, 6.45) is 2.29. The third-order valence-electron chi connectivity index (χ3n) is 9.63. The van der Waals surface area contributed by atoms with Crippen molar-refractivity contribution in [3.8, 4) is 11.5 Å². The minimum absolute atomic E-state index is 0.00493. The van der Waals surface area contributed by atoms with Gasteiger partial charge in [-0.1, -0.05) is 59.6 Å². The van der Waals surface area contributed by atoms with Gasteiger partial charge in [0.2, 0.25) is 0 Å². The van der Waals surface area contributed by atoms with Crippen LogP contribution in [0.1, 0.15) is 71.4 Å². The van der Waals surface area contributed by atoms with E-state index in [0.717, 1.165) is 38.3 Å². The first-order valence-electron chi connectivity index (χ1n) is 17.9. The number of ether oxygens (including phenoxy) is 4. The van der Waals surface area contributed by atoms with Crippen LogP contribution in [0.4, 0.5) is 13.2 Å². The Morgan fingerprint density at radius 1 is 0.964 bits per heavy atom. The predicted octanol–water partition coefficient (Wildman–Crippen LogP) is 7.76. The second-order valence-electron chi connectivity index (χ2n) is 13.8. The van der Waals surface area contributed by atoms with Gasteiger partial charge in [0.15, 0.2) is 23.9 Å². The van der Waals surface area contributed by atoms with Crippen molar-refractivity contribution in [1.82, 2.24) is 10.2 Å². The van der Waals surface area contributed by atoms with E-state index in [1.54, 1.807) is 44.2 Å². The van der Waals surface area contributed by atoms with Crippen LogP contribution in [0.2, 0.25) is 10.0 Å². The molecule has 3 aliphatic heterocycles. The number of esters is 2. The van der Waals surface area contributed by atoms with Crippen molar-refractivity contribution in [2.24, 2.45) is 5.92 Å². The summed E-state index contributed by atoms with van der Waals surface area (Å²) in [5.74, 6) is -1.78. The van der Waals surface area contributed by atoms with Gasteiger partial charge in [-0.2, -0.15) is 13.5 Å². The second-order valence-corrected chi connectivity index (χ2v) is 14.6. The molecule has 3 fully saturated rings. The Hall–Kier alpha value is -4.56. The minimum Gasteiger partial charge on any atom is -0.619 e. The van der Waals surface area contributed by atoms with Crippen molar-refractivity contribution in [2.75, 3.05) is 19.6 Å². The summed E-state index contributed by atoms with van der Waals surface area (Å²) >= 11 is 12.7. The van der Waals surface area contributed by atoms with Crippen LogP contribution in [0.3, 0.4) is 0 Å². The Labute approximate surface area is 326 Å². The molecule has 0 spiro atoms. The molecule has 3 saturated heterocycles. The standard InChI is InChI=1S/C40H40Cl2F3N3O7/c1-23(2)52-35-17-27(11-12-33(35)55-40(44)45)34(18-29-30(41)20-48(51)21-31(29)42)53-38(49)26-9-7-24(8-10-26)19-46-37(28-5-3-4-6-32(28)43)39(50)54-36-22-47-15-13-25(36)14-16-47/h3-12,17,20-21,23,25,34,36-37,40,46H,13-16,18-19,22H2,1-2H3/t34?,36-,37?/m0/s1. The lowest BCUT2D eigenvalue weighted by Gasteiger charge is -2.44. The van der Waals surface area contributed by atoms with Crippen molar-refractivity contribution in [1.29, 1.82) is 0 Å². The van der Waals surface area contributed by atoms with Crippen LogP contribution in [0, 0.1) is 16.9 Å². The molecule has 10 nitrogen and oxygen atoms in total. The van der Waals surface area contributed by atoms with E-state index in [4.69, 9.17) is 37.4 Å². The SMILES string of the molecule is CC(C)Oc1cc(C(Cc2c(Cl)c[n+]([O-])cc2Cl)OC(=O)c2ccc(CNC(C(=O)O[C@H]3CN4CCC3CC4)c3ccccc3F)cc2)ccc1OC(F)F. The predicted molar refractivity (Wildman–Crippen MR) is 198 cm³/mol. The number of carbonyl (C=O) groups excluding carboxylic acids is 2. The van der Waals surface area contributed by atoms with Crippen molar-refractivity contribution < 1.29 is 46.4 Å². The van der Waals surface area contributed by atoms with Crippen LogP contribution in [-0.2, 0) is 27.2 Å². The maximum Gasteiger partial charge on any atom is 0.387 e. The number of rotatable bonds is 15. The van der Waals surface area contributed by atoms with Crippen LogP contribution in [0.15, 0.2) is 79.1 Å². The number of hydrogen-bond acceptors (Lipinski definition) is 9. The molecule has 0 aliphatic carbocycles. The molecule has 292 valence electrons. The molecular formula is C40H40Cl2F3N3O7. The van der Waals surface area contributed by atoms with Crippen molar-refractivity contribution >= 4 is 35.1 Å². The highest BCUT2D eigenvalue weighted by Crippen LogP contribution is 2.37. The number of nitrogens with one attached hydrogen (secondary N) is 1. The number of nitrogens with zero attached hydrogens (tertiary/aromatic N) is 2. The lowest BCUT2D eigenvalue weighted by Crippen LogP contribution is -2.52. The molecule has 1 N–H and O–H groups in total. The van der Waals surface area contributed by atoms with Crippen LogP contribution >= 0.6 is 23.2 Å². The first kappa shape index (κ1) is 40.1. The van der Waals surface area contributed by atoms with E-state index in [1.807, 2.05) is 0 Å². The molecule has 2 bridgehead atoms. The van der Waals surface area contributed by atoms with Gasteiger partial charge in [0.1, 0.15) is 34.1 Å². The zero-order valence-electron chi connectivity index (χ0n) is 30.1. The Bertz CT molecular complexity index is 1960. The molecule has 3 aliphatic rings. The molecule has 1 aromatic heterocycles. The molecule has 0 amide bonds. The summed E-state index contributed by atoms with van der Waals surface area (Å²) in [6, 6.07) is 15.5. The van der Waals surface area contributed by atoms with Crippen LogP contribution < -0.4 is 19.5 Å². The minimum atomic E-state index is -3.11. The Kier molecular flexibility index (Phi) is 13.1. The quantitative estimate of drug-likeness (QED) is 0.0733. The van der Waals surface area contributed by atoms with E-state index in [9.17, 15) is 28.0 Å². The average molecular weight is 803 g/mol. The number of aromatic nitrogens is 1. The fraction of sp³-hybridized carbons (Fsp3) is 0.375. The smallest absolute Gasteiger partial charge is 0.387 e. The topological polar surface area (TPSA) is 113 Å². The Balaban J connectivity index is 1.20. The van der Waals surface area contributed by atoms with E-state index in [0.29, 0.717) is 28.0 Å². The molecule has 7 rings (SSSR count). The summed E-state index contributed by atoms with van der Waals surface area (Å²) < 4.78 is 64.1. The number of fused-ring (bicyclic) bond motifs is 3. The maximum atomic E-state index is 15.0. The Morgan fingerprint density at radius 3 is 2.27 bits per heavy atom. The maximum absolute atomic E-state index is 15.0. The van der Waals surface area contributed by atoms with Crippen LogP contribution in [-0.4, -0.2) is 55.3 Å². The fourth-order valence-corrected chi connectivity index (χ4v) is 7.47. The van der Waals surface area contributed by atoms with E-state index >= 15 is 0 Å². The first-order valence-corrected chi connectivity index (χ1v) is 18.6. The summed E-state index contributed by atoms with van der Waals surface area (Å²) in [5.41, 5.74) is 1.68. The van der Waals surface area contributed by atoms with Crippen LogP contribution in [0.25, 0.3) is 0 Å². The number of halogens is 5. The van der Waals surface area contributed by atoms with Crippen molar-refractivity contribution in [3.05, 3.63) is 128 Å². The highest BCUT2D eigenvalue weighted by molar-refractivity contribution is 6.35. The van der Waals surface area contributed by atoms with Crippen LogP contribution in [0.5, 0.6) is 11.5 Å². The highest BCUT2D eigenvalue weighted by atomic mass is 35.5. The van der Waals surface area contributed by atoms with Gasteiger partial charge >= 0.3 is 18.6 Å². The van der Waals surface area contributed by atoms with E-state index in [-0.39, 0.29) is 57.7 Å². The molecule has 3 atom stereocenters. The monoisotopic (exact) mass is 801 g/mol. The van der Waals surface area contributed by atoms with Gasteiger partial charge in [0, 0.05) is 30.6 Å². The third-order valence-corrected chi connectivity index (χ3v) is 10.3. The highest BCUT2D eigenvalue weighted by Gasteiger charge is 2.38. The Morgan fingerprint density at radius 2 is 1.65 bits per heavy atom. The van der Waals surface area contributed by atoms with E-state index < -0.39 is 42.6 Å². The molecule has 2 unspecified atom stereocenters. The molecule has 55 heavy (non-hydrogen) atoms. The number of pyridine rings is 1. The lowest BCUT2D eigenvalue weighted by atomic mass is 9.86. The lowest BCUT2D eigenvalue weighted by molar-refractivity contribution is -0.605. The number of alkyl halides is 2. The summed E-state index contributed by atoms with van der Waals surface area (Å²) in [4.78, 5) is 29.4. The molecule has 3 aromatic carbocycles. The van der Waals surface area contributed by atoms with Gasteiger partial charge in [-0.3, -0.25) is 10.2 Å². The third kappa shape index (κ3) is 10.2. The number of carbonyl (C=O) groups is 2. The fourth-order valence-electron chi connectivity index (χ4n) is 6.87. The molecule has 4 heterocycles. The van der Waals surface area contributed by atoms with Gasteiger partial charge in [0.05, 0.1) is 11.7 Å². The summed E-state index contributed by atoms with van der Waals surface area (Å²) in [7, 11) is 0. The molecule has 4 aromatic rings. The second kappa shape index (κ2) is 17.9. The number of piperidine rings is 3. The van der Waals surface area contributed by atoms with Gasteiger partial charge in [-0.05, 0) is 87.2 Å². The molecule has 0 radical (unpaired) electrons. The molecular weight excluding hydrogens is 762 g/mol. The van der Waals surface area contributed by atoms with Crippen molar-refractivity contribution in [3.63, 3.8) is 0 Å². The summed E-state index contributed by atoms with van der Waals surface area (Å²) in [6.45, 7) is 3.08. The largest absolute Gasteiger partial charge is 0.619 e. The van der Waals surface area contributed by atoms with Crippen molar-refractivity contribution in [2.45, 2.75) is 70.6 Å². The molecule has 15 heteroatoms. The number of hydrogen-bond donors (Lipinski definition) is 1. The van der Waals surface area contributed by atoms with E-state index in [1.165, 1.54) is 36.4 Å². The zero-order chi connectivity index (χ0) is 39.2. The van der Waals surface area contributed by atoms with Gasteiger partial charge in [-0.15, -0.1) is 0 Å².